The topological polar surface area (TPSA) is 29.9 Å². The Morgan fingerprint density at radius 3 is 2.78 bits per heavy atom. The molecule has 1 aliphatic heterocycles. The number of hydrogen-bond acceptors (Lipinski definition) is 2. The molecule has 2 heterocycles. The van der Waals surface area contributed by atoms with Gasteiger partial charge in [-0.25, -0.2) is 0 Å². The van der Waals surface area contributed by atoms with Gasteiger partial charge in [0.25, 0.3) is 0 Å². The van der Waals surface area contributed by atoms with Crippen LogP contribution in [0.4, 0.5) is 0 Å². The van der Waals surface area contributed by atoms with Gasteiger partial charge in [-0.1, -0.05) is 23.7 Å². The Labute approximate surface area is 112 Å². The van der Waals surface area contributed by atoms with Crippen molar-refractivity contribution in [3.8, 4) is 0 Å². The summed E-state index contributed by atoms with van der Waals surface area (Å²) in [6, 6.07) is 10.3. The van der Waals surface area contributed by atoms with Crippen molar-refractivity contribution >= 4 is 11.6 Å². The summed E-state index contributed by atoms with van der Waals surface area (Å²) in [7, 11) is 1.95. The third-order valence-electron chi connectivity index (χ3n) is 3.65. The van der Waals surface area contributed by atoms with Crippen LogP contribution in [0.15, 0.2) is 36.5 Å². The van der Waals surface area contributed by atoms with Gasteiger partial charge in [0, 0.05) is 43.2 Å². The Bertz CT molecular complexity index is 558. The van der Waals surface area contributed by atoms with Crippen LogP contribution in [0, 0.1) is 0 Å². The molecule has 1 N–H and O–H groups in total. The quantitative estimate of drug-likeness (QED) is 0.918. The summed E-state index contributed by atoms with van der Waals surface area (Å²) in [4.78, 5) is 0. The van der Waals surface area contributed by atoms with Gasteiger partial charge in [0.2, 0.25) is 0 Å². The lowest BCUT2D eigenvalue weighted by Crippen LogP contribution is -2.58. The standard InChI is InChI=1S/C14H16ClN3/c1-18-6-5-13(17-18)8-14(9-16-10-14)11-3-2-4-12(15)7-11/h2-7,16H,8-10H2,1H3. The molecule has 1 saturated heterocycles. The molecule has 0 radical (unpaired) electrons. The fourth-order valence-corrected chi connectivity index (χ4v) is 2.77. The van der Waals surface area contributed by atoms with Gasteiger partial charge < -0.3 is 5.32 Å². The molecular weight excluding hydrogens is 246 g/mol. The Morgan fingerprint density at radius 2 is 2.22 bits per heavy atom. The van der Waals surface area contributed by atoms with Gasteiger partial charge in [-0.3, -0.25) is 4.68 Å². The van der Waals surface area contributed by atoms with Crippen molar-refractivity contribution in [3.63, 3.8) is 0 Å². The second-order valence-corrected chi connectivity index (χ2v) is 5.49. The first kappa shape index (κ1) is 11.8. The SMILES string of the molecule is Cn1ccc(CC2(c3cccc(Cl)c3)CNC2)n1. The van der Waals surface area contributed by atoms with E-state index in [0.29, 0.717) is 0 Å². The molecule has 1 fully saturated rings. The second-order valence-electron chi connectivity index (χ2n) is 5.05. The highest BCUT2D eigenvalue weighted by molar-refractivity contribution is 6.30. The number of aromatic nitrogens is 2. The maximum atomic E-state index is 6.10. The molecule has 3 nitrogen and oxygen atoms in total. The summed E-state index contributed by atoms with van der Waals surface area (Å²) < 4.78 is 1.85. The summed E-state index contributed by atoms with van der Waals surface area (Å²) >= 11 is 6.10. The summed E-state index contributed by atoms with van der Waals surface area (Å²) in [6.07, 6.45) is 2.95. The van der Waals surface area contributed by atoms with E-state index in [1.165, 1.54) is 5.56 Å². The number of rotatable bonds is 3. The molecule has 1 aromatic carbocycles. The predicted molar refractivity (Wildman–Crippen MR) is 72.9 cm³/mol. The van der Waals surface area contributed by atoms with Crippen LogP contribution in [0.2, 0.25) is 5.02 Å². The maximum absolute atomic E-state index is 6.10. The first-order valence-electron chi connectivity index (χ1n) is 6.13. The van der Waals surface area contributed by atoms with Crippen molar-refractivity contribution in [1.82, 2.24) is 15.1 Å². The van der Waals surface area contributed by atoms with Crippen LogP contribution in [0.1, 0.15) is 11.3 Å². The molecule has 3 rings (SSSR count). The molecule has 4 heteroatoms. The van der Waals surface area contributed by atoms with Crippen LogP contribution < -0.4 is 5.32 Å². The average molecular weight is 262 g/mol. The maximum Gasteiger partial charge on any atom is 0.0634 e. The summed E-state index contributed by atoms with van der Waals surface area (Å²) in [5, 5.41) is 8.66. The molecule has 1 aliphatic rings. The van der Waals surface area contributed by atoms with Gasteiger partial charge >= 0.3 is 0 Å². The lowest BCUT2D eigenvalue weighted by atomic mass is 9.72. The molecule has 2 aromatic rings. The van der Waals surface area contributed by atoms with Crippen molar-refractivity contribution in [2.45, 2.75) is 11.8 Å². The van der Waals surface area contributed by atoms with E-state index in [2.05, 4.69) is 28.6 Å². The molecule has 0 amide bonds. The zero-order valence-electron chi connectivity index (χ0n) is 10.4. The number of benzene rings is 1. The lowest BCUT2D eigenvalue weighted by Gasteiger charge is -2.43. The number of halogens is 1. The van der Waals surface area contributed by atoms with E-state index < -0.39 is 0 Å². The van der Waals surface area contributed by atoms with Crippen molar-refractivity contribution in [2.24, 2.45) is 7.05 Å². The largest absolute Gasteiger partial charge is 0.315 e. The highest BCUT2D eigenvalue weighted by atomic mass is 35.5. The molecule has 0 saturated carbocycles. The molecule has 0 atom stereocenters. The van der Waals surface area contributed by atoms with Gasteiger partial charge in [-0.2, -0.15) is 5.10 Å². The molecule has 18 heavy (non-hydrogen) atoms. The third-order valence-corrected chi connectivity index (χ3v) is 3.89. The summed E-state index contributed by atoms with van der Waals surface area (Å²) in [5.41, 5.74) is 2.59. The number of nitrogens with zero attached hydrogens (tertiary/aromatic N) is 2. The molecule has 94 valence electrons. The fourth-order valence-electron chi connectivity index (χ4n) is 2.58. The molecule has 0 aliphatic carbocycles. The zero-order valence-corrected chi connectivity index (χ0v) is 11.1. The lowest BCUT2D eigenvalue weighted by molar-refractivity contribution is 0.272. The van der Waals surface area contributed by atoms with E-state index in [1.807, 2.05) is 30.1 Å². The van der Waals surface area contributed by atoms with Crippen molar-refractivity contribution in [3.05, 3.63) is 52.8 Å². The number of hydrogen-bond donors (Lipinski definition) is 1. The predicted octanol–water partition coefficient (Wildman–Crippen LogP) is 2.16. The van der Waals surface area contributed by atoms with Gasteiger partial charge in [-0.15, -0.1) is 0 Å². The Balaban J connectivity index is 1.90. The fraction of sp³-hybridized carbons (Fsp3) is 0.357. The van der Waals surface area contributed by atoms with Crippen molar-refractivity contribution in [1.29, 1.82) is 0 Å². The van der Waals surface area contributed by atoms with Crippen molar-refractivity contribution < 1.29 is 0 Å². The van der Waals surface area contributed by atoms with Crippen molar-refractivity contribution in [2.75, 3.05) is 13.1 Å². The summed E-state index contributed by atoms with van der Waals surface area (Å²) in [5.74, 6) is 0. The monoisotopic (exact) mass is 261 g/mol. The van der Waals surface area contributed by atoms with E-state index in [1.54, 1.807) is 0 Å². The molecule has 0 spiro atoms. The smallest absolute Gasteiger partial charge is 0.0634 e. The molecule has 0 unspecified atom stereocenters. The van der Waals surface area contributed by atoms with Crippen LogP contribution >= 0.6 is 11.6 Å². The van der Waals surface area contributed by atoms with Crippen LogP contribution in [-0.4, -0.2) is 22.9 Å². The van der Waals surface area contributed by atoms with Gasteiger partial charge in [0.05, 0.1) is 5.69 Å². The minimum Gasteiger partial charge on any atom is -0.315 e. The normalized spacial score (nSPS) is 17.4. The summed E-state index contributed by atoms with van der Waals surface area (Å²) in [6.45, 7) is 1.98. The number of nitrogens with one attached hydrogen (secondary N) is 1. The van der Waals surface area contributed by atoms with E-state index in [9.17, 15) is 0 Å². The Morgan fingerprint density at radius 1 is 1.39 bits per heavy atom. The van der Waals surface area contributed by atoms with E-state index in [4.69, 9.17) is 11.6 Å². The van der Waals surface area contributed by atoms with E-state index in [0.717, 1.165) is 30.2 Å². The van der Waals surface area contributed by atoms with Crippen LogP contribution in [0.3, 0.4) is 0 Å². The van der Waals surface area contributed by atoms with Crippen LogP contribution in [0.5, 0.6) is 0 Å². The van der Waals surface area contributed by atoms with E-state index >= 15 is 0 Å². The van der Waals surface area contributed by atoms with Crippen LogP contribution in [0.25, 0.3) is 0 Å². The molecule has 1 aromatic heterocycles. The average Bonchev–Trinajstić information content (AvgIpc) is 2.69. The van der Waals surface area contributed by atoms with Gasteiger partial charge in [0.15, 0.2) is 0 Å². The Kier molecular flexibility index (Phi) is 2.88. The van der Waals surface area contributed by atoms with Gasteiger partial charge in [-0.05, 0) is 23.8 Å². The number of aryl methyl sites for hydroxylation is 1. The molecular formula is C14H16ClN3. The van der Waals surface area contributed by atoms with Crippen LogP contribution in [-0.2, 0) is 18.9 Å². The molecule has 0 bridgehead atoms. The van der Waals surface area contributed by atoms with Gasteiger partial charge in [0.1, 0.15) is 0 Å². The minimum atomic E-state index is 0.152. The Hall–Kier alpha value is -1.32. The highest BCUT2D eigenvalue weighted by Crippen LogP contribution is 2.33. The highest BCUT2D eigenvalue weighted by Gasteiger charge is 2.39. The second kappa shape index (κ2) is 4.41. The first-order chi connectivity index (χ1) is 8.68. The minimum absolute atomic E-state index is 0.152. The first-order valence-corrected chi connectivity index (χ1v) is 6.51. The van der Waals surface area contributed by atoms with E-state index in [-0.39, 0.29) is 5.41 Å². The zero-order chi connectivity index (χ0) is 12.6. The third kappa shape index (κ3) is 2.04.